The van der Waals surface area contributed by atoms with Crippen LogP contribution in [0, 0.1) is 6.92 Å². The molecule has 0 aliphatic rings. The van der Waals surface area contributed by atoms with Crippen LogP contribution in [0.1, 0.15) is 15.9 Å². The van der Waals surface area contributed by atoms with Crippen molar-refractivity contribution in [2.75, 3.05) is 0 Å². The van der Waals surface area contributed by atoms with Gasteiger partial charge in [-0.1, -0.05) is 84.9 Å². The molecule has 0 amide bonds. The van der Waals surface area contributed by atoms with E-state index in [0.717, 1.165) is 28.5 Å². The zero-order valence-corrected chi connectivity index (χ0v) is 14.1. The van der Waals surface area contributed by atoms with Crippen molar-refractivity contribution in [2.24, 2.45) is 0 Å². The van der Waals surface area contributed by atoms with Gasteiger partial charge in [0.05, 0.1) is 0 Å². The van der Waals surface area contributed by atoms with Crippen molar-refractivity contribution in [1.82, 2.24) is 0 Å². The van der Waals surface area contributed by atoms with E-state index in [1.165, 1.54) is 21.9 Å². The highest BCUT2D eigenvalue weighted by molar-refractivity contribution is 6.07. The van der Waals surface area contributed by atoms with Gasteiger partial charge in [-0.3, -0.25) is 4.79 Å². The Morgan fingerprint density at radius 1 is 0.640 bits per heavy atom. The summed E-state index contributed by atoms with van der Waals surface area (Å²) in [6, 6.07) is 29.0. The first-order chi connectivity index (χ1) is 12.3. The van der Waals surface area contributed by atoms with E-state index < -0.39 is 0 Å². The maximum atomic E-state index is 11.6. The van der Waals surface area contributed by atoms with Crippen molar-refractivity contribution in [3.63, 3.8) is 0 Å². The molecule has 4 rings (SSSR count). The number of aryl methyl sites for hydroxylation is 1. The van der Waals surface area contributed by atoms with Gasteiger partial charge in [0.2, 0.25) is 0 Å². The lowest BCUT2D eigenvalue weighted by atomic mass is 9.88. The number of rotatable bonds is 3. The first-order valence-electron chi connectivity index (χ1n) is 8.42. The molecule has 0 fully saturated rings. The van der Waals surface area contributed by atoms with Crippen LogP contribution in [0.5, 0.6) is 0 Å². The van der Waals surface area contributed by atoms with Crippen LogP contribution in [0.2, 0.25) is 0 Å². The molecule has 0 saturated carbocycles. The number of aldehydes is 1. The third kappa shape index (κ3) is 2.64. The van der Waals surface area contributed by atoms with E-state index in [2.05, 4.69) is 73.7 Å². The summed E-state index contributed by atoms with van der Waals surface area (Å²) in [4.78, 5) is 11.6. The lowest BCUT2D eigenvalue weighted by Gasteiger charge is -2.15. The molecule has 4 aromatic rings. The molecule has 25 heavy (non-hydrogen) atoms. The minimum absolute atomic E-state index is 0.734. The van der Waals surface area contributed by atoms with Crippen molar-refractivity contribution in [3.05, 3.63) is 96.1 Å². The molecule has 1 heteroatoms. The third-order valence-electron chi connectivity index (χ3n) is 4.71. The monoisotopic (exact) mass is 322 g/mol. The van der Waals surface area contributed by atoms with E-state index in [4.69, 9.17) is 0 Å². The van der Waals surface area contributed by atoms with Gasteiger partial charge in [-0.05, 0) is 45.5 Å². The number of benzene rings is 4. The van der Waals surface area contributed by atoms with Crippen LogP contribution in [0.4, 0.5) is 0 Å². The maximum absolute atomic E-state index is 11.6. The lowest BCUT2D eigenvalue weighted by molar-refractivity contribution is 0.112. The van der Waals surface area contributed by atoms with Crippen molar-refractivity contribution in [3.8, 4) is 22.3 Å². The summed E-state index contributed by atoms with van der Waals surface area (Å²) in [5.74, 6) is 0. The Morgan fingerprint density at radius 2 is 1.28 bits per heavy atom. The van der Waals surface area contributed by atoms with Crippen molar-refractivity contribution in [2.45, 2.75) is 6.92 Å². The standard InChI is InChI=1S/C24H18O/c1-17-8-7-11-19(16-25)24(17)23-15-14-20(18-9-3-2-4-10-18)21-12-5-6-13-22(21)23/h2-16H,1H3. The molecule has 0 bridgehead atoms. The summed E-state index contributed by atoms with van der Waals surface area (Å²) in [5.41, 5.74) is 6.38. The van der Waals surface area contributed by atoms with Gasteiger partial charge < -0.3 is 0 Å². The molecule has 0 saturated heterocycles. The largest absolute Gasteiger partial charge is 0.298 e. The summed E-state index contributed by atoms with van der Waals surface area (Å²) in [6.07, 6.45) is 0.947. The molecule has 0 aliphatic carbocycles. The highest BCUT2D eigenvalue weighted by Gasteiger charge is 2.13. The molecule has 0 spiro atoms. The normalized spacial score (nSPS) is 10.8. The van der Waals surface area contributed by atoms with Crippen LogP contribution in [0.3, 0.4) is 0 Å². The maximum Gasteiger partial charge on any atom is 0.150 e. The fourth-order valence-electron chi connectivity index (χ4n) is 3.54. The molecule has 120 valence electrons. The molecular weight excluding hydrogens is 304 g/mol. The smallest absolute Gasteiger partial charge is 0.150 e. The minimum Gasteiger partial charge on any atom is -0.298 e. The van der Waals surface area contributed by atoms with Gasteiger partial charge in [-0.25, -0.2) is 0 Å². The second kappa shape index (κ2) is 6.37. The molecule has 0 atom stereocenters. The Morgan fingerprint density at radius 3 is 2.00 bits per heavy atom. The van der Waals surface area contributed by atoms with Crippen molar-refractivity contribution in [1.29, 1.82) is 0 Å². The van der Waals surface area contributed by atoms with Gasteiger partial charge in [0.15, 0.2) is 6.29 Å². The predicted molar refractivity (Wildman–Crippen MR) is 105 cm³/mol. The van der Waals surface area contributed by atoms with Gasteiger partial charge in [0.1, 0.15) is 0 Å². The van der Waals surface area contributed by atoms with Crippen LogP contribution in [0.15, 0.2) is 84.9 Å². The van der Waals surface area contributed by atoms with E-state index >= 15 is 0 Å². The fraction of sp³-hybridized carbons (Fsp3) is 0.0417. The summed E-state index contributed by atoms with van der Waals surface area (Å²) >= 11 is 0. The average Bonchev–Trinajstić information content (AvgIpc) is 2.68. The molecule has 0 N–H and O–H groups in total. The van der Waals surface area contributed by atoms with E-state index in [0.29, 0.717) is 0 Å². The topological polar surface area (TPSA) is 17.1 Å². The molecule has 4 aromatic carbocycles. The number of carbonyl (C=O) groups is 1. The van der Waals surface area contributed by atoms with Crippen LogP contribution in [-0.2, 0) is 0 Å². The fourth-order valence-corrected chi connectivity index (χ4v) is 3.54. The second-order valence-corrected chi connectivity index (χ2v) is 6.23. The average molecular weight is 322 g/mol. The summed E-state index contributed by atoms with van der Waals surface area (Å²) in [7, 11) is 0. The Hall–Kier alpha value is -3.19. The van der Waals surface area contributed by atoms with E-state index in [1.54, 1.807) is 0 Å². The Bertz CT molecular complexity index is 1060. The Kier molecular flexibility index (Phi) is 3.91. The van der Waals surface area contributed by atoms with Gasteiger partial charge in [0.25, 0.3) is 0 Å². The van der Waals surface area contributed by atoms with Gasteiger partial charge in [-0.15, -0.1) is 0 Å². The van der Waals surface area contributed by atoms with Crippen LogP contribution < -0.4 is 0 Å². The second-order valence-electron chi connectivity index (χ2n) is 6.23. The lowest BCUT2D eigenvalue weighted by Crippen LogP contribution is -1.93. The molecule has 1 nitrogen and oxygen atoms in total. The van der Waals surface area contributed by atoms with Gasteiger partial charge in [-0.2, -0.15) is 0 Å². The van der Waals surface area contributed by atoms with Crippen molar-refractivity contribution < 1.29 is 4.79 Å². The SMILES string of the molecule is Cc1cccc(C=O)c1-c1ccc(-c2ccccc2)c2ccccc12. The number of carbonyl (C=O) groups excluding carboxylic acids is 1. The number of hydrogen-bond donors (Lipinski definition) is 0. The molecule has 0 aromatic heterocycles. The summed E-state index contributed by atoms with van der Waals surface area (Å²) < 4.78 is 0. The molecule has 0 unspecified atom stereocenters. The molecule has 0 aliphatic heterocycles. The van der Waals surface area contributed by atoms with Crippen LogP contribution >= 0.6 is 0 Å². The van der Waals surface area contributed by atoms with E-state index in [9.17, 15) is 4.79 Å². The molecule has 0 radical (unpaired) electrons. The zero-order valence-electron chi connectivity index (χ0n) is 14.1. The van der Waals surface area contributed by atoms with Crippen molar-refractivity contribution >= 4 is 17.1 Å². The molecule has 0 heterocycles. The number of hydrogen-bond acceptors (Lipinski definition) is 1. The first kappa shape index (κ1) is 15.3. The Labute approximate surface area is 147 Å². The highest BCUT2D eigenvalue weighted by Crippen LogP contribution is 2.37. The highest BCUT2D eigenvalue weighted by atomic mass is 16.1. The third-order valence-corrected chi connectivity index (χ3v) is 4.71. The van der Waals surface area contributed by atoms with Crippen LogP contribution in [0.25, 0.3) is 33.0 Å². The summed E-state index contributed by atoms with van der Waals surface area (Å²) in [5, 5.41) is 2.37. The van der Waals surface area contributed by atoms with Crippen LogP contribution in [-0.4, -0.2) is 6.29 Å². The van der Waals surface area contributed by atoms with Gasteiger partial charge >= 0.3 is 0 Å². The Balaban J connectivity index is 2.05. The molecular formula is C24H18O. The predicted octanol–water partition coefficient (Wildman–Crippen LogP) is 6.29. The number of fused-ring (bicyclic) bond motifs is 1. The minimum atomic E-state index is 0.734. The van der Waals surface area contributed by atoms with Gasteiger partial charge in [0, 0.05) is 5.56 Å². The quantitative estimate of drug-likeness (QED) is 0.405. The summed E-state index contributed by atoms with van der Waals surface area (Å²) in [6.45, 7) is 2.06. The van der Waals surface area contributed by atoms with E-state index in [1.807, 2.05) is 18.2 Å². The first-order valence-corrected chi connectivity index (χ1v) is 8.42. The zero-order chi connectivity index (χ0) is 17.2. The van der Waals surface area contributed by atoms with E-state index in [-0.39, 0.29) is 0 Å².